The van der Waals surface area contributed by atoms with Crippen LogP contribution in [0.5, 0.6) is 0 Å². The van der Waals surface area contributed by atoms with Gasteiger partial charge in [-0.1, -0.05) is 42.5 Å². The van der Waals surface area contributed by atoms with Crippen LogP contribution in [0.25, 0.3) is 10.8 Å². The van der Waals surface area contributed by atoms with E-state index in [2.05, 4.69) is 23.3 Å². The molecule has 21 heavy (non-hydrogen) atoms. The number of aromatic nitrogens is 2. The van der Waals surface area contributed by atoms with Crippen LogP contribution < -0.4 is 5.56 Å². The maximum atomic E-state index is 11.6. The van der Waals surface area contributed by atoms with Crippen LogP contribution in [0.1, 0.15) is 5.56 Å². The maximum absolute atomic E-state index is 11.6. The first kappa shape index (κ1) is 13.5. The van der Waals surface area contributed by atoms with Crippen molar-refractivity contribution in [1.29, 1.82) is 0 Å². The Kier molecular flexibility index (Phi) is 3.79. The van der Waals surface area contributed by atoms with Crippen LogP contribution in [0.4, 0.5) is 0 Å². The van der Waals surface area contributed by atoms with Crippen LogP contribution in [-0.2, 0) is 13.0 Å². The fourth-order valence-corrected chi connectivity index (χ4v) is 2.43. The van der Waals surface area contributed by atoms with Gasteiger partial charge in [0.1, 0.15) is 0 Å². The van der Waals surface area contributed by atoms with Crippen molar-refractivity contribution in [2.24, 2.45) is 0 Å². The van der Waals surface area contributed by atoms with E-state index in [-0.39, 0.29) is 12.1 Å². The number of aliphatic hydroxyl groups excluding tert-OH is 1. The van der Waals surface area contributed by atoms with Gasteiger partial charge in [0, 0.05) is 18.7 Å². The summed E-state index contributed by atoms with van der Waals surface area (Å²) in [5, 5.41) is 16.4. The molecule has 4 heteroatoms. The maximum Gasteiger partial charge on any atom is 0.266 e. The summed E-state index contributed by atoms with van der Waals surface area (Å²) in [6.07, 6.45) is 1.40. The van der Waals surface area contributed by atoms with Crippen molar-refractivity contribution >= 4 is 10.8 Å². The second kappa shape index (κ2) is 5.89. The van der Waals surface area contributed by atoms with Gasteiger partial charge in [-0.15, -0.1) is 0 Å². The minimum atomic E-state index is -0.640. The third-order valence-electron chi connectivity index (χ3n) is 3.45. The van der Waals surface area contributed by atoms with Crippen LogP contribution in [0.15, 0.2) is 65.6 Å². The molecule has 0 spiro atoms. The van der Waals surface area contributed by atoms with E-state index in [9.17, 15) is 9.90 Å². The molecule has 106 valence electrons. The van der Waals surface area contributed by atoms with E-state index in [4.69, 9.17) is 0 Å². The number of rotatable bonds is 4. The fourth-order valence-electron chi connectivity index (χ4n) is 2.43. The zero-order chi connectivity index (χ0) is 14.7. The highest BCUT2D eigenvalue weighted by molar-refractivity contribution is 5.82. The third kappa shape index (κ3) is 3.17. The Balaban J connectivity index is 1.75. The lowest BCUT2D eigenvalue weighted by atomic mass is 10.0. The van der Waals surface area contributed by atoms with Crippen molar-refractivity contribution in [1.82, 2.24) is 9.78 Å². The molecular formula is C17H16N2O2. The summed E-state index contributed by atoms with van der Waals surface area (Å²) in [6, 6.07) is 17.3. The molecule has 1 atom stereocenters. The van der Waals surface area contributed by atoms with Gasteiger partial charge in [-0.2, -0.15) is 5.10 Å². The van der Waals surface area contributed by atoms with E-state index in [0.29, 0.717) is 6.42 Å². The molecule has 0 bridgehead atoms. The lowest BCUT2D eigenvalue weighted by molar-refractivity contribution is 0.147. The molecular weight excluding hydrogens is 264 g/mol. The lowest BCUT2D eigenvalue weighted by Crippen LogP contribution is -2.28. The van der Waals surface area contributed by atoms with E-state index in [1.807, 2.05) is 24.3 Å². The third-order valence-corrected chi connectivity index (χ3v) is 3.45. The van der Waals surface area contributed by atoms with Crippen LogP contribution in [-0.4, -0.2) is 21.0 Å². The molecule has 1 aromatic heterocycles. The van der Waals surface area contributed by atoms with Crippen LogP contribution in [0, 0.1) is 0 Å². The number of fused-ring (bicyclic) bond motifs is 1. The molecule has 1 unspecified atom stereocenters. The van der Waals surface area contributed by atoms with Gasteiger partial charge in [-0.25, -0.2) is 4.68 Å². The smallest absolute Gasteiger partial charge is 0.266 e. The minimum absolute atomic E-state index is 0.199. The van der Waals surface area contributed by atoms with E-state index >= 15 is 0 Å². The van der Waals surface area contributed by atoms with Gasteiger partial charge in [0.15, 0.2) is 0 Å². The summed E-state index contributed by atoms with van der Waals surface area (Å²) in [6.45, 7) is 0.201. The van der Waals surface area contributed by atoms with Crippen molar-refractivity contribution in [2.45, 2.75) is 19.1 Å². The summed E-state index contributed by atoms with van der Waals surface area (Å²) in [5.41, 5.74) is 0.847. The number of benzene rings is 2. The Morgan fingerprint density at radius 1 is 1.05 bits per heavy atom. The number of nitrogens with zero attached hydrogens (tertiary/aromatic N) is 2. The van der Waals surface area contributed by atoms with Crippen molar-refractivity contribution in [3.05, 3.63) is 76.7 Å². The zero-order valence-corrected chi connectivity index (χ0v) is 11.5. The highest BCUT2D eigenvalue weighted by Gasteiger charge is 2.08. The van der Waals surface area contributed by atoms with Gasteiger partial charge in [0.2, 0.25) is 0 Å². The van der Waals surface area contributed by atoms with Crippen molar-refractivity contribution in [2.75, 3.05) is 0 Å². The Bertz CT molecular complexity index is 811. The molecule has 0 fully saturated rings. The first-order valence-corrected chi connectivity index (χ1v) is 6.90. The van der Waals surface area contributed by atoms with E-state index < -0.39 is 6.10 Å². The molecule has 0 saturated heterocycles. The standard InChI is InChI=1S/C17H16N2O2/c20-16(12-19-17(21)6-3-9-18-19)11-13-7-8-14-4-1-2-5-15(14)10-13/h1-10,16,20H,11-12H2. The van der Waals surface area contributed by atoms with Gasteiger partial charge < -0.3 is 5.11 Å². The molecule has 0 aliphatic rings. The quantitative estimate of drug-likeness (QED) is 0.795. The Hall–Kier alpha value is -2.46. The molecule has 1 heterocycles. The van der Waals surface area contributed by atoms with Gasteiger partial charge in [-0.05, 0) is 22.4 Å². The van der Waals surface area contributed by atoms with E-state index in [0.717, 1.165) is 10.9 Å². The molecule has 3 rings (SSSR count). The SMILES string of the molecule is O=c1cccnn1CC(O)Cc1ccc2ccccc2c1. The Morgan fingerprint density at radius 2 is 1.86 bits per heavy atom. The molecule has 0 aliphatic carbocycles. The first-order chi connectivity index (χ1) is 10.2. The average molecular weight is 280 g/mol. The normalized spacial score (nSPS) is 12.4. The number of aliphatic hydroxyl groups is 1. The first-order valence-electron chi connectivity index (χ1n) is 6.90. The molecule has 0 saturated carbocycles. The summed E-state index contributed by atoms with van der Waals surface area (Å²) in [4.78, 5) is 11.6. The second-order valence-corrected chi connectivity index (χ2v) is 5.08. The van der Waals surface area contributed by atoms with Gasteiger partial charge in [0.25, 0.3) is 5.56 Å². The molecule has 1 N–H and O–H groups in total. The summed E-state index contributed by atoms with van der Waals surface area (Å²) < 4.78 is 1.28. The second-order valence-electron chi connectivity index (χ2n) is 5.08. The monoisotopic (exact) mass is 280 g/mol. The molecule has 4 nitrogen and oxygen atoms in total. The summed E-state index contributed by atoms with van der Waals surface area (Å²) in [5.74, 6) is 0. The number of hydrogen-bond donors (Lipinski definition) is 1. The topological polar surface area (TPSA) is 55.1 Å². The van der Waals surface area contributed by atoms with Gasteiger partial charge in [-0.3, -0.25) is 4.79 Å². The molecule has 0 radical (unpaired) electrons. The van der Waals surface area contributed by atoms with E-state index in [1.54, 1.807) is 12.3 Å². The molecule has 2 aromatic carbocycles. The van der Waals surface area contributed by atoms with E-state index in [1.165, 1.54) is 16.1 Å². The van der Waals surface area contributed by atoms with Gasteiger partial charge in [0.05, 0.1) is 12.6 Å². The van der Waals surface area contributed by atoms with Crippen LogP contribution in [0.3, 0.4) is 0 Å². The number of hydrogen-bond acceptors (Lipinski definition) is 3. The predicted molar refractivity (Wildman–Crippen MR) is 82.2 cm³/mol. The Labute approximate surface area is 122 Å². The van der Waals surface area contributed by atoms with Crippen molar-refractivity contribution in [3.63, 3.8) is 0 Å². The Morgan fingerprint density at radius 3 is 2.67 bits per heavy atom. The van der Waals surface area contributed by atoms with Crippen LogP contribution in [0.2, 0.25) is 0 Å². The summed E-state index contributed by atoms with van der Waals surface area (Å²) in [7, 11) is 0. The predicted octanol–water partition coefficient (Wildman–Crippen LogP) is 2.00. The van der Waals surface area contributed by atoms with Crippen molar-refractivity contribution in [3.8, 4) is 0 Å². The minimum Gasteiger partial charge on any atom is -0.391 e. The fraction of sp³-hybridized carbons (Fsp3) is 0.176. The van der Waals surface area contributed by atoms with Crippen LogP contribution >= 0.6 is 0 Å². The largest absolute Gasteiger partial charge is 0.391 e. The average Bonchev–Trinajstić information content (AvgIpc) is 2.49. The zero-order valence-electron chi connectivity index (χ0n) is 11.5. The molecule has 0 aliphatic heterocycles. The molecule has 3 aromatic rings. The highest BCUT2D eigenvalue weighted by atomic mass is 16.3. The highest BCUT2D eigenvalue weighted by Crippen LogP contribution is 2.16. The van der Waals surface area contributed by atoms with Crippen molar-refractivity contribution < 1.29 is 5.11 Å². The molecule has 0 amide bonds. The summed E-state index contributed by atoms with van der Waals surface area (Å²) >= 11 is 0. The lowest BCUT2D eigenvalue weighted by Gasteiger charge is -2.12. The van der Waals surface area contributed by atoms with Gasteiger partial charge >= 0.3 is 0 Å².